The Morgan fingerprint density at radius 3 is 2.56 bits per heavy atom. The second-order valence-corrected chi connectivity index (χ2v) is 6.39. The molecule has 0 saturated carbocycles. The van der Waals surface area contributed by atoms with Crippen LogP contribution in [0.3, 0.4) is 0 Å². The third-order valence-corrected chi connectivity index (χ3v) is 4.25. The molecule has 1 heterocycles. The van der Waals surface area contributed by atoms with Crippen molar-refractivity contribution >= 4 is 5.97 Å². The molecule has 0 spiro atoms. The van der Waals surface area contributed by atoms with E-state index in [2.05, 4.69) is 9.47 Å². The quantitative estimate of drug-likeness (QED) is 0.710. The van der Waals surface area contributed by atoms with Crippen LogP contribution in [-0.2, 0) is 22.6 Å². The first-order valence-corrected chi connectivity index (χ1v) is 8.64. The molecule has 0 aliphatic carbocycles. The van der Waals surface area contributed by atoms with Crippen molar-refractivity contribution in [3.63, 3.8) is 0 Å². The van der Waals surface area contributed by atoms with Crippen LogP contribution in [0.15, 0.2) is 48.5 Å². The monoisotopic (exact) mass is 378 g/mol. The van der Waals surface area contributed by atoms with E-state index in [0.29, 0.717) is 18.4 Å². The van der Waals surface area contributed by atoms with E-state index in [1.807, 2.05) is 30.3 Å². The van der Waals surface area contributed by atoms with Gasteiger partial charge >= 0.3 is 12.3 Å². The first kappa shape index (κ1) is 19.1. The van der Waals surface area contributed by atoms with Crippen LogP contribution in [0.5, 0.6) is 11.5 Å². The van der Waals surface area contributed by atoms with Crippen molar-refractivity contribution in [2.24, 2.45) is 5.92 Å². The molecule has 27 heavy (non-hydrogen) atoms. The third-order valence-electron chi connectivity index (χ3n) is 4.25. The average molecular weight is 378 g/mol. The maximum atomic E-state index is 13.1. The molecule has 0 aromatic heterocycles. The van der Waals surface area contributed by atoms with E-state index in [4.69, 9.17) is 4.74 Å². The van der Waals surface area contributed by atoms with Gasteiger partial charge in [-0.3, -0.25) is 4.79 Å². The highest BCUT2D eigenvalue weighted by molar-refractivity contribution is 5.69. The molecule has 0 bridgehead atoms. The van der Waals surface area contributed by atoms with Gasteiger partial charge in [-0.1, -0.05) is 36.4 Å². The summed E-state index contributed by atoms with van der Waals surface area (Å²) in [5.74, 6) is -0.594. The lowest BCUT2D eigenvalue weighted by atomic mass is 9.95. The zero-order chi connectivity index (χ0) is 19.3. The molecule has 0 radical (unpaired) electrons. The molecule has 7 heteroatoms. The fourth-order valence-corrected chi connectivity index (χ4v) is 2.84. The number of rotatable bonds is 8. The fraction of sp³-hybridized carbons (Fsp3) is 0.350. The molecule has 1 aliphatic rings. The number of carbonyl (C=O) groups excluding carboxylic acids is 1. The molecular formula is C20H20F2O5. The van der Waals surface area contributed by atoms with Gasteiger partial charge in [0, 0.05) is 13.0 Å². The average Bonchev–Trinajstić information content (AvgIpc) is 2.97. The van der Waals surface area contributed by atoms with E-state index in [1.165, 1.54) is 12.1 Å². The van der Waals surface area contributed by atoms with Crippen LogP contribution in [0.4, 0.5) is 8.78 Å². The van der Waals surface area contributed by atoms with Crippen LogP contribution in [0.1, 0.15) is 24.0 Å². The van der Waals surface area contributed by atoms with Gasteiger partial charge in [-0.2, -0.15) is 0 Å². The second-order valence-electron chi connectivity index (χ2n) is 6.39. The van der Waals surface area contributed by atoms with Crippen molar-refractivity contribution in [3.05, 3.63) is 59.7 Å². The number of benzene rings is 2. The Labute approximate surface area is 155 Å². The lowest BCUT2D eigenvalue weighted by molar-refractivity contribution is -0.286. The summed E-state index contributed by atoms with van der Waals surface area (Å²) in [7, 11) is 0. The molecule has 1 N–H and O–H groups in total. The number of alkyl halides is 2. The minimum Gasteiger partial charge on any atom is -0.461 e. The summed E-state index contributed by atoms with van der Waals surface area (Å²) in [6, 6.07) is 13.9. The van der Waals surface area contributed by atoms with Crippen molar-refractivity contribution < 1.29 is 32.9 Å². The molecule has 0 fully saturated rings. The molecule has 1 aliphatic heterocycles. The second kappa shape index (κ2) is 8.35. The maximum absolute atomic E-state index is 13.1. The van der Waals surface area contributed by atoms with Crippen LogP contribution in [0.2, 0.25) is 0 Å². The van der Waals surface area contributed by atoms with Crippen LogP contribution in [0.25, 0.3) is 0 Å². The van der Waals surface area contributed by atoms with Crippen molar-refractivity contribution in [2.45, 2.75) is 32.2 Å². The molecule has 0 amide bonds. The van der Waals surface area contributed by atoms with Gasteiger partial charge in [-0.05, 0) is 42.0 Å². The van der Waals surface area contributed by atoms with Gasteiger partial charge in [0.1, 0.15) is 6.61 Å². The molecule has 0 saturated heterocycles. The molecule has 144 valence electrons. The summed E-state index contributed by atoms with van der Waals surface area (Å²) in [5, 5.41) is 9.56. The number of esters is 1. The first-order valence-electron chi connectivity index (χ1n) is 8.64. The van der Waals surface area contributed by atoms with Crippen molar-refractivity contribution in [3.8, 4) is 11.5 Å². The minimum atomic E-state index is -3.65. The Morgan fingerprint density at radius 2 is 1.81 bits per heavy atom. The highest BCUT2D eigenvalue weighted by atomic mass is 19.3. The van der Waals surface area contributed by atoms with Crippen molar-refractivity contribution in [2.75, 3.05) is 6.61 Å². The van der Waals surface area contributed by atoms with Crippen LogP contribution < -0.4 is 9.47 Å². The smallest absolute Gasteiger partial charge is 0.461 e. The number of ether oxygens (including phenoxy) is 3. The number of aliphatic hydroxyl groups is 1. The fourth-order valence-electron chi connectivity index (χ4n) is 2.84. The molecule has 2 aromatic carbocycles. The van der Waals surface area contributed by atoms with Gasteiger partial charge in [0.05, 0.1) is 0 Å². The summed E-state index contributed by atoms with van der Waals surface area (Å²) < 4.78 is 40.1. The third kappa shape index (κ3) is 5.40. The van der Waals surface area contributed by atoms with Crippen LogP contribution in [0, 0.1) is 5.92 Å². The Bertz CT molecular complexity index is 779. The SMILES string of the molecule is O=C(CCC(CO)Cc1ccc2c(c1)OC(F)(F)O2)OCc1ccccc1. The predicted molar refractivity (Wildman–Crippen MR) is 92.4 cm³/mol. The topological polar surface area (TPSA) is 65.0 Å². The lowest BCUT2D eigenvalue weighted by Crippen LogP contribution is -2.25. The lowest BCUT2D eigenvalue weighted by Gasteiger charge is -2.14. The number of carbonyl (C=O) groups is 1. The molecular weight excluding hydrogens is 358 g/mol. The number of hydrogen-bond donors (Lipinski definition) is 1. The van der Waals surface area contributed by atoms with E-state index < -0.39 is 6.29 Å². The van der Waals surface area contributed by atoms with Gasteiger partial charge in [0.25, 0.3) is 0 Å². The maximum Gasteiger partial charge on any atom is 0.586 e. The van der Waals surface area contributed by atoms with Gasteiger partial charge in [-0.15, -0.1) is 8.78 Å². The Kier molecular flexibility index (Phi) is 5.91. The van der Waals surface area contributed by atoms with Crippen molar-refractivity contribution in [1.82, 2.24) is 0 Å². The summed E-state index contributed by atoms with van der Waals surface area (Å²) in [4.78, 5) is 11.9. The Hall–Kier alpha value is -2.67. The molecule has 2 aromatic rings. The Balaban J connectivity index is 1.47. The number of fused-ring (bicyclic) bond motifs is 1. The van der Waals surface area contributed by atoms with E-state index in [1.54, 1.807) is 6.07 Å². The molecule has 5 nitrogen and oxygen atoms in total. The van der Waals surface area contributed by atoms with E-state index >= 15 is 0 Å². The highest BCUT2D eigenvalue weighted by Crippen LogP contribution is 2.41. The zero-order valence-corrected chi connectivity index (χ0v) is 14.6. The highest BCUT2D eigenvalue weighted by Gasteiger charge is 2.43. The largest absolute Gasteiger partial charge is 0.586 e. The molecule has 1 unspecified atom stereocenters. The summed E-state index contributed by atoms with van der Waals surface area (Å²) in [6.45, 7) is 0.0798. The van der Waals surface area contributed by atoms with Crippen LogP contribution >= 0.6 is 0 Å². The van der Waals surface area contributed by atoms with E-state index in [0.717, 1.165) is 5.56 Å². The van der Waals surface area contributed by atoms with Crippen LogP contribution in [-0.4, -0.2) is 24.0 Å². The number of halogens is 2. The predicted octanol–water partition coefficient (Wildman–Crippen LogP) is 3.68. The summed E-state index contributed by atoms with van der Waals surface area (Å²) in [6.07, 6.45) is -2.64. The van der Waals surface area contributed by atoms with Gasteiger partial charge < -0.3 is 19.3 Å². The number of hydrogen-bond acceptors (Lipinski definition) is 5. The molecule has 1 atom stereocenters. The van der Waals surface area contributed by atoms with E-state index in [9.17, 15) is 18.7 Å². The van der Waals surface area contributed by atoms with Gasteiger partial charge in [-0.25, -0.2) is 0 Å². The van der Waals surface area contributed by atoms with Gasteiger partial charge in [0.2, 0.25) is 0 Å². The number of aliphatic hydroxyl groups excluding tert-OH is 1. The minimum absolute atomic E-state index is 0.0196. The summed E-state index contributed by atoms with van der Waals surface area (Å²) >= 11 is 0. The Morgan fingerprint density at radius 1 is 1.07 bits per heavy atom. The summed E-state index contributed by atoms with van der Waals surface area (Å²) in [5.41, 5.74) is 1.62. The zero-order valence-electron chi connectivity index (χ0n) is 14.6. The molecule has 3 rings (SSSR count). The first-order chi connectivity index (χ1) is 12.9. The van der Waals surface area contributed by atoms with E-state index in [-0.39, 0.29) is 43.0 Å². The standard InChI is InChI=1S/C20H20F2O5/c21-20(22)26-17-8-6-15(11-18(17)27-20)10-16(12-23)7-9-19(24)25-13-14-4-2-1-3-5-14/h1-6,8,11,16,23H,7,9-10,12-13H2. The van der Waals surface area contributed by atoms with Crippen molar-refractivity contribution in [1.29, 1.82) is 0 Å². The van der Waals surface area contributed by atoms with Gasteiger partial charge in [0.15, 0.2) is 11.5 Å². The normalized spacial score (nSPS) is 15.4.